The summed E-state index contributed by atoms with van der Waals surface area (Å²) in [6.07, 6.45) is 0. The highest BCUT2D eigenvalue weighted by Gasteiger charge is 2.22. The molecule has 2 nitrogen and oxygen atoms in total. The van der Waals surface area contributed by atoms with Gasteiger partial charge in [0.05, 0.1) is 16.7 Å². The molecule has 0 N–H and O–H groups in total. The van der Waals surface area contributed by atoms with Crippen molar-refractivity contribution in [3.8, 4) is 5.69 Å². The molecular weight excluding hydrogens is 629 g/mol. The number of rotatable bonds is 4. The van der Waals surface area contributed by atoms with Crippen LogP contribution < -0.4 is 4.90 Å². The molecule has 0 bridgehead atoms. The number of aromatic nitrogens is 1. The molecule has 248 valence electrons. The van der Waals surface area contributed by atoms with Crippen LogP contribution in [0.5, 0.6) is 0 Å². The number of nitrogens with zero attached hydrogens (tertiary/aromatic N) is 2. The smallest absolute Gasteiger partial charge is 0.0561 e. The predicted octanol–water partition coefficient (Wildman–Crippen LogP) is 14.2. The Morgan fingerprint density at radius 1 is 0.404 bits per heavy atom. The zero-order chi connectivity index (χ0) is 35.0. The van der Waals surface area contributed by atoms with E-state index in [1.165, 1.54) is 70.5 Å². The van der Waals surface area contributed by atoms with Crippen molar-refractivity contribution in [2.75, 3.05) is 4.90 Å². The van der Waals surface area contributed by atoms with Crippen LogP contribution in [-0.2, 0) is 5.41 Å². The van der Waals surface area contributed by atoms with Gasteiger partial charge in [0, 0.05) is 33.2 Å². The summed E-state index contributed by atoms with van der Waals surface area (Å²) in [4.78, 5) is 2.47. The van der Waals surface area contributed by atoms with Gasteiger partial charge in [0.25, 0.3) is 0 Å². The Hall–Kier alpha value is -6.38. The van der Waals surface area contributed by atoms with E-state index in [0.29, 0.717) is 0 Å². The van der Waals surface area contributed by atoms with E-state index in [4.69, 9.17) is 0 Å². The monoisotopic (exact) mass is 666 g/mol. The lowest BCUT2D eigenvalue weighted by Gasteiger charge is -2.29. The van der Waals surface area contributed by atoms with Crippen molar-refractivity contribution in [3.05, 3.63) is 181 Å². The molecule has 0 fully saturated rings. The summed E-state index contributed by atoms with van der Waals surface area (Å²) >= 11 is 0. The summed E-state index contributed by atoms with van der Waals surface area (Å²) in [6.45, 7) is 6.84. The van der Waals surface area contributed by atoms with E-state index in [2.05, 4.69) is 206 Å². The molecule has 0 atom stereocenters. The Labute approximate surface area is 303 Å². The predicted molar refractivity (Wildman–Crippen MR) is 224 cm³/mol. The Kier molecular flexibility index (Phi) is 6.78. The summed E-state index contributed by atoms with van der Waals surface area (Å²) in [5.41, 5.74) is 8.32. The first-order valence-electron chi connectivity index (χ1n) is 18.2. The molecule has 0 unspecified atom stereocenters. The minimum absolute atomic E-state index is 0.0532. The van der Waals surface area contributed by atoms with Gasteiger partial charge in [-0.2, -0.15) is 0 Å². The van der Waals surface area contributed by atoms with Crippen molar-refractivity contribution in [2.24, 2.45) is 0 Å². The highest BCUT2D eigenvalue weighted by molar-refractivity contribution is 6.28. The number of benzene rings is 9. The molecule has 0 aliphatic heterocycles. The fraction of sp³-hybridized carbons (Fsp3) is 0.0800. The third kappa shape index (κ3) is 4.72. The quantitative estimate of drug-likeness (QED) is 0.170. The second kappa shape index (κ2) is 11.6. The molecule has 9 aromatic carbocycles. The van der Waals surface area contributed by atoms with E-state index in [1.807, 2.05) is 0 Å². The van der Waals surface area contributed by atoms with Crippen molar-refractivity contribution in [2.45, 2.75) is 26.2 Å². The molecule has 1 heterocycles. The number of hydrogen-bond acceptors (Lipinski definition) is 1. The SMILES string of the molecule is CC(C)(C)c1ccc(N(c2ccc3c4ccccc4n(-c4ccc5ccccc5c4)c3c2)c2cccc3c4ccccc4c4ccccc4c23)cc1. The second-order valence-electron chi connectivity index (χ2n) is 15.0. The van der Waals surface area contributed by atoms with Gasteiger partial charge in [-0.25, -0.2) is 0 Å². The minimum Gasteiger partial charge on any atom is -0.310 e. The first-order valence-corrected chi connectivity index (χ1v) is 18.2. The van der Waals surface area contributed by atoms with Crippen LogP contribution in [0.3, 0.4) is 0 Å². The van der Waals surface area contributed by atoms with E-state index >= 15 is 0 Å². The molecule has 0 radical (unpaired) electrons. The van der Waals surface area contributed by atoms with Crippen molar-refractivity contribution in [3.63, 3.8) is 0 Å². The van der Waals surface area contributed by atoms with Crippen molar-refractivity contribution in [1.82, 2.24) is 4.57 Å². The molecule has 0 saturated carbocycles. The fourth-order valence-electron chi connectivity index (χ4n) is 8.35. The van der Waals surface area contributed by atoms with Crippen molar-refractivity contribution in [1.29, 1.82) is 0 Å². The van der Waals surface area contributed by atoms with Gasteiger partial charge >= 0.3 is 0 Å². The van der Waals surface area contributed by atoms with Crippen LogP contribution >= 0.6 is 0 Å². The average molecular weight is 667 g/mol. The Morgan fingerprint density at radius 3 is 1.67 bits per heavy atom. The Morgan fingerprint density at radius 2 is 0.962 bits per heavy atom. The summed E-state index contributed by atoms with van der Waals surface area (Å²) in [7, 11) is 0. The van der Waals surface area contributed by atoms with Gasteiger partial charge in [-0.1, -0.05) is 148 Å². The lowest BCUT2D eigenvalue weighted by atomic mass is 9.87. The molecule has 0 spiro atoms. The first-order chi connectivity index (χ1) is 25.4. The molecule has 52 heavy (non-hydrogen) atoms. The van der Waals surface area contributed by atoms with Crippen LogP contribution in [0.15, 0.2) is 176 Å². The summed E-state index contributed by atoms with van der Waals surface area (Å²) in [6, 6.07) is 64.9. The van der Waals surface area contributed by atoms with Crippen LogP contribution in [-0.4, -0.2) is 4.57 Å². The zero-order valence-corrected chi connectivity index (χ0v) is 29.6. The standard InChI is InChI=1S/C50H38N2/c1-50(2,3)35-24-27-36(28-25-35)51(47-22-12-20-45-41-16-7-6-15-39(41)40-17-8-9-19-44(40)49(45)47)38-29-30-43-42-18-10-11-21-46(42)52(48(43)32-38)37-26-23-33-13-4-5-14-34(33)31-37/h4-32H,1-3H3. The van der Waals surface area contributed by atoms with Crippen LogP contribution in [0.2, 0.25) is 0 Å². The van der Waals surface area contributed by atoms with Crippen LogP contribution in [0.25, 0.3) is 70.6 Å². The Bertz CT molecular complexity index is 2950. The van der Waals surface area contributed by atoms with E-state index in [9.17, 15) is 0 Å². The van der Waals surface area contributed by atoms with E-state index in [0.717, 1.165) is 22.7 Å². The van der Waals surface area contributed by atoms with Gasteiger partial charge in [-0.3, -0.25) is 0 Å². The maximum Gasteiger partial charge on any atom is 0.0561 e. The van der Waals surface area contributed by atoms with E-state index < -0.39 is 0 Å². The maximum absolute atomic E-state index is 2.47. The van der Waals surface area contributed by atoms with E-state index in [-0.39, 0.29) is 5.41 Å². The topological polar surface area (TPSA) is 8.17 Å². The summed E-state index contributed by atoms with van der Waals surface area (Å²) in [5, 5.41) is 12.6. The number of fused-ring (bicyclic) bond motifs is 10. The van der Waals surface area contributed by atoms with Gasteiger partial charge in [0.15, 0.2) is 0 Å². The highest BCUT2D eigenvalue weighted by Crippen LogP contribution is 2.46. The summed E-state index contributed by atoms with van der Waals surface area (Å²) in [5.74, 6) is 0. The first kappa shape index (κ1) is 30.4. The second-order valence-corrected chi connectivity index (χ2v) is 15.0. The third-order valence-electron chi connectivity index (χ3n) is 10.9. The fourth-order valence-corrected chi connectivity index (χ4v) is 8.35. The van der Waals surface area contributed by atoms with Gasteiger partial charge in [0.1, 0.15) is 0 Å². The number of anilines is 3. The van der Waals surface area contributed by atoms with E-state index in [1.54, 1.807) is 0 Å². The molecule has 10 rings (SSSR count). The molecule has 0 aliphatic carbocycles. The highest BCUT2D eigenvalue weighted by atomic mass is 15.1. The lowest BCUT2D eigenvalue weighted by molar-refractivity contribution is 0.590. The van der Waals surface area contributed by atoms with Crippen molar-refractivity contribution >= 4 is 82.0 Å². The minimum atomic E-state index is 0.0532. The third-order valence-corrected chi connectivity index (χ3v) is 10.9. The molecule has 2 heteroatoms. The molecule has 0 amide bonds. The van der Waals surface area contributed by atoms with Gasteiger partial charge in [-0.15, -0.1) is 0 Å². The zero-order valence-electron chi connectivity index (χ0n) is 29.6. The van der Waals surface area contributed by atoms with Crippen LogP contribution in [0.4, 0.5) is 17.1 Å². The van der Waals surface area contributed by atoms with Crippen LogP contribution in [0.1, 0.15) is 26.3 Å². The van der Waals surface area contributed by atoms with Crippen molar-refractivity contribution < 1.29 is 0 Å². The maximum atomic E-state index is 2.47. The molecule has 0 saturated heterocycles. The number of hydrogen-bond donors (Lipinski definition) is 0. The van der Waals surface area contributed by atoms with Gasteiger partial charge < -0.3 is 9.47 Å². The molecule has 1 aromatic heterocycles. The molecular formula is C50H38N2. The van der Waals surface area contributed by atoms with Gasteiger partial charge in [-0.05, 0) is 97.2 Å². The lowest BCUT2D eigenvalue weighted by Crippen LogP contribution is -2.13. The normalized spacial score (nSPS) is 12.1. The van der Waals surface area contributed by atoms with Crippen LogP contribution in [0, 0.1) is 0 Å². The largest absolute Gasteiger partial charge is 0.310 e. The molecule has 10 aromatic rings. The average Bonchev–Trinajstić information content (AvgIpc) is 3.51. The Balaban J connectivity index is 1.29. The summed E-state index contributed by atoms with van der Waals surface area (Å²) < 4.78 is 2.44. The number of para-hydroxylation sites is 1. The van der Waals surface area contributed by atoms with Gasteiger partial charge in [0.2, 0.25) is 0 Å². The molecule has 0 aliphatic rings.